The highest BCUT2D eigenvalue weighted by Gasteiger charge is 2.25. The molecule has 0 spiro atoms. The second kappa shape index (κ2) is 24.2. The van der Waals surface area contributed by atoms with E-state index in [1.54, 1.807) is 26.0 Å². The van der Waals surface area contributed by atoms with E-state index in [4.69, 9.17) is 9.47 Å². The molecule has 0 saturated heterocycles. The van der Waals surface area contributed by atoms with E-state index in [-0.39, 0.29) is 94.5 Å². The van der Waals surface area contributed by atoms with Gasteiger partial charge in [0.25, 0.3) is 0 Å². The Morgan fingerprint density at radius 3 is 1.88 bits per heavy atom. The number of hydrogen-bond acceptors (Lipinski definition) is 9. The SMILES string of the molecule is CC(=O)N[C@H](CC(=O)N[C@H]1COC/C=C/COCC(CC(=O)N[C@@H](CC(=O)O)CC(C)C)NC(=O)C[C@H](C)NC(=O)C[C@H](C)NC(=O)C1)C(C)C. The first-order chi connectivity index (χ1) is 23.9. The summed E-state index contributed by atoms with van der Waals surface area (Å²) in [7, 11) is 0. The van der Waals surface area contributed by atoms with Gasteiger partial charge >= 0.3 is 5.97 Å². The van der Waals surface area contributed by atoms with Crippen LogP contribution in [0.2, 0.25) is 0 Å². The zero-order valence-corrected chi connectivity index (χ0v) is 31.2. The number of carboxylic acid groups (broad SMARTS) is 1. The maximum Gasteiger partial charge on any atom is 0.305 e. The molecule has 0 bridgehead atoms. The van der Waals surface area contributed by atoms with Gasteiger partial charge in [-0.15, -0.1) is 0 Å². The van der Waals surface area contributed by atoms with Crippen LogP contribution in [0, 0.1) is 11.8 Å². The molecule has 0 fully saturated rings. The lowest BCUT2D eigenvalue weighted by molar-refractivity contribution is -0.138. The number of carbonyl (C=O) groups is 7. The fourth-order valence-electron chi connectivity index (χ4n) is 5.52. The molecular weight excluding hydrogens is 664 g/mol. The molecule has 1 rings (SSSR count). The molecule has 0 radical (unpaired) electrons. The standard InChI is InChI=1S/C35H60N6O10/c1-21(2)12-26(17-35(48)49)39-33(46)16-28-20-51-11-9-8-10-50-19-27(41-34(47)18-29(22(3)4)38-25(7)42)15-32(45)37-23(5)13-30(43)36-24(6)14-31(44)40-28/h8-9,21-24,26-29H,10-20H2,1-7H3,(H,36,43)(H,37,45)(H,38,42)(H,39,46)(H,40,44)(H,41,47)(H,48,49)/b9-8+/t23-,24-,26+,27+,28?,29+/m0/s1. The van der Waals surface area contributed by atoms with E-state index in [1.165, 1.54) is 6.92 Å². The molecule has 1 unspecified atom stereocenters. The van der Waals surface area contributed by atoms with Crippen molar-refractivity contribution in [2.45, 2.75) is 130 Å². The predicted molar refractivity (Wildman–Crippen MR) is 189 cm³/mol. The zero-order chi connectivity index (χ0) is 38.5. The average molecular weight is 725 g/mol. The van der Waals surface area contributed by atoms with Crippen molar-refractivity contribution in [2.24, 2.45) is 11.8 Å². The monoisotopic (exact) mass is 724 g/mol. The third kappa shape index (κ3) is 22.4. The third-order valence-electron chi connectivity index (χ3n) is 7.77. The van der Waals surface area contributed by atoms with Gasteiger partial charge in [0, 0.05) is 63.2 Å². The van der Waals surface area contributed by atoms with Crippen molar-refractivity contribution < 1.29 is 48.1 Å². The van der Waals surface area contributed by atoms with Crippen LogP contribution in [-0.2, 0) is 43.0 Å². The summed E-state index contributed by atoms with van der Waals surface area (Å²) in [5, 5.41) is 25.9. The highest BCUT2D eigenvalue weighted by molar-refractivity contribution is 5.83. The molecular formula is C35H60N6O10. The maximum absolute atomic E-state index is 12.9. The van der Waals surface area contributed by atoms with Crippen LogP contribution in [-0.4, -0.2) is 109 Å². The molecule has 0 aromatic rings. The largest absolute Gasteiger partial charge is 0.481 e. The van der Waals surface area contributed by atoms with Gasteiger partial charge in [-0.2, -0.15) is 0 Å². The van der Waals surface area contributed by atoms with Gasteiger partial charge in [0.1, 0.15) is 0 Å². The van der Waals surface area contributed by atoms with E-state index in [0.29, 0.717) is 6.42 Å². The van der Waals surface area contributed by atoms with Crippen LogP contribution >= 0.6 is 0 Å². The lowest BCUT2D eigenvalue weighted by atomic mass is 10.00. The minimum Gasteiger partial charge on any atom is -0.481 e. The van der Waals surface area contributed by atoms with E-state index >= 15 is 0 Å². The minimum absolute atomic E-state index is 0.00317. The molecule has 51 heavy (non-hydrogen) atoms. The molecule has 0 aliphatic carbocycles. The average Bonchev–Trinajstić information content (AvgIpc) is 2.95. The molecule has 290 valence electrons. The molecule has 6 atom stereocenters. The summed E-state index contributed by atoms with van der Waals surface area (Å²) >= 11 is 0. The third-order valence-corrected chi connectivity index (χ3v) is 7.77. The molecule has 1 heterocycles. The van der Waals surface area contributed by atoms with Crippen molar-refractivity contribution in [3.63, 3.8) is 0 Å². The molecule has 0 saturated carbocycles. The normalized spacial score (nSPS) is 23.7. The molecule has 6 amide bonds. The quantitative estimate of drug-likeness (QED) is 0.139. The zero-order valence-electron chi connectivity index (χ0n) is 31.2. The first-order valence-electron chi connectivity index (χ1n) is 17.7. The Morgan fingerprint density at radius 1 is 0.804 bits per heavy atom. The molecule has 0 aromatic heterocycles. The first kappa shape index (κ1) is 45.0. The number of aliphatic carboxylic acids is 1. The second-order valence-corrected chi connectivity index (χ2v) is 14.1. The van der Waals surface area contributed by atoms with Crippen molar-refractivity contribution in [3.05, 3.63) is 12.2 Å². The number of ether oxygens (including phenoxy) is 2. The Labute approximate surface area is 301 Å². The van der Waals surface area contributed by atoms with Crippen LogP contribution in [0.25, 0.3) is 0 Å². The number of carboxylic acids is 1. The van der Waals surface area contributed by atoms with Gasteiger partial charge in [-0.1, -0.05) is 39.8 Å². The van der Waals surface area contributed by atoms with Gasteiger partial charge in [-0.05, 0) is 32.1 Å². The van der Waals surface area contributed by atoms with Crippen LogP contribution in [0.5, 0.6) is 0 Å². The number of hydrogen-bond donors (Lipinski definition) is 7. The van der Waals surface area contributed by atoms with Gasteiger partial charge in [0.05, 0.1) is 44.9 Å². The summed E-state index contributed by atoms with van der Waals surface area (Å²) in [4.78, 5) is 87.3. The van der Waals surface area contributed by atoms with Crippen LogP contribution < -0.4 is 31.9 Å². The molecule has 16 heteroatoms. The van der Waals surface area contributed by atoms with Gasteiger partial charge in [-0.3, -0.25) is 33.6 Å². The minimum atomic E-state index is -1.03. The molecule has 16 nitrogen and oxygen atoms in total. The summed E-state index contributed by atoms with van der Waals surface area (Å²) in [6.45, 7) is 12.6. The van der Waals surface area contributed by atoms with E-state index in [1.807, 2.05) is 27.7 Å². The number of nitrogens with one attached hydrogen (secondary N) is 6. The van der Waals surface area contributed by atoms with Crippen molar-refractivity contribution in [1.29, 1.82) is 0 Å². The smallest absolute Gasteiger partial charge is 0.305 e. The maximum atomic E-state index is 12.9. The second-order valence-electron chi connectivity index (χ2n) is 14.1. The van der Waals surface area contributed by atoms with Crippen LogP contribution in [0.1, 0.15) is 93.4 Å². The fraction of sp³-hybridized carbons (Fsp3) is 0.743. The lowest BCUT2D eigenvalue weighted by Gasteiger charge is -2.24. The Hall–Kier alpha value is -4.05. The Bertz CT molecular complexity index is 1190. The fourth-order valence-corrected chi connectivity index (χ4v) is 5.52. The molecule has 1 aliphatic rings. The summed E-state index contributed by atoms with van der Waals surface area (Å²) in [6, 6.07) is -3.51. The number of amides is 6. The lowest BCUT2D eigenvalue weighted by Crippen LogP contribution is -2.47. The van der Waals surface area contributed by atoms with Gasteiger partial charge in [-0.25, -0.2) is 0 Å². The van der Waals surface area contributed by atoms with E-state index < -0.39 is 59.9 Å². The van der Waals surface area contributed by atoms with Crippen molar-refractivity contribution >= 4 is 41.4 Å². The molecule has 7 N–H and O–H groups in total. The van der Waals surface area contributed by atoms with E-state index in [2.05, 4.69) is 31.9 Å². The van der Waals surface area contributed by atoms with Crippen LogP contribution in [0.4, 0.5) is 0 Å². The summed E-state index contributed by atoms with van der Waals surface area (Å²) in [5.74, 6) is -3.13. The Kier molecular flexibility index (Phi) is 21.3. The number of carbonyl (C=O) groups excluding carboxylic acids is 6. The van der Waals surface area contributed by atoms with Gasteiger partial charge in [0.2, 0.25) is 35.4 Å². The highest BCUT2D eigenvalue weighted by atomic mass is 16.5. The molecule has 0 aromatic carbocycles. The Balaban J connectivity index is 3.02. The van der Waals surface area contributed by atoms with E-state index in [9.17, 15) is 38.7 Å². The molecule has 1 aliphatic heterocycles. The summed E-state index contributed by atoms with van der Waals surface area (Å²) in [5.41, 5.74) is 0. The van der Waals surface area contributed by atoms with Crippen molar-refractivity contribution in [1.82, 2.24) is 31.9 Å². The highest BCUT2D eigenvalue weighted by Crippen LogP contribution is 2.10. The Morgan fingerprint density at radius 2 is 1.35 bits per heavy atom. The van der Waals surface area contributed by atoms with Crippen LogP contribution in [0.15, 0.2) is 12.2 Å². The van der Waals surface area contributed by atoms with E-state index in [0.717, 1.165) is 0 Å². The summed E-state index contributed by atoms with van der Waals surface area (Å²) in [6.07, 6.45) is 3.23. The summed E-state index contributed by atoms with van der Waals surface area (Å²) < 4.78 is 11.4. The topological polar surface area (TPSA) is 230 Å². The predicted octanol–water partition coefficient (Wildman–Crippen LogP) is 0.685. The van der Waals surface area contributed by atoms with Crippen molar-refractivity contribution in [2.75, 3.05) is 26.4 Å². The van der Waals surface area contributed by atoms with Gasteiger partial charge in [0.15, 0.2) is 0 Å². The van der Waals surface area contributed by atoms with Crippen molar-refractivity contribution in [3.8, 4) is 0 Å². The van der Waals surface area contributed by atoms with Crippen LogP contribution in [0.3, 0.4) is 0 Å². The van der Waals surface area contributed by atoms with Gasteiger partial charge < -0.3 is 46.5 Å². The first-order valence-corrected chi connectivity index (χ1v) is 17.7. The number of rotatable bonds is 12.